The monoisotopic (exact) mass is 434 g/mol. The van der Waals surface area contributed by atoms with Crippen LogP contribution < -0.4 is 15.4 Å². The van der Waals surface area contributed by atoms with E-state index in [-0.39, 0.29) is 6.79 Å². The van der Waals surface area contributed by atoms with Gasteiger partial charge in [-0.15, -0.1) is 0 Å². The molecular formula is C22H31BrN2O2. The summed E-state index contributed by atoms with van der Waals surface area (Å²) >= 11 is 3.63. The number of para-hydroxylation sites is 1. The number of methoxy groups -OCH3 is 1. The van der Waals surface area contributed by atoms with Crippen molar-refractivity contribution >= 4 is 21.6 Å². The van der Waals surface area contributed by atoms with Crippen LogP contribution in [-0.2, 0) is 11.2 Å². The van der Waals surface area contributed by atoms with Crippen LogP contribution in [0.3, 0.4) is 0 Å². The molecule has 2 aromatic carbocycles. The summed E-state index contributed by atoms with van der Waals surface area (Å²) in [5.74, 6) is 1.32. The number of hydrogen-bond acceptors (Lipinski definition) is 4. The highest BCUT2D eigenvalue weighted by atomic mass is 79.9. The Balaban J connectivity index is 2.27. The summed E-state index contributed by atoms with van der Waals surface area (Å²) in [6, 6.07) is 12.9. The van der Waals surface area contributed by atoms with Gasteiger partial charge in [0.15, 0.2) is 6.79 Å². The zero-order chi connectivity index (χ0) is 19.8. The number of aryl methyl sites for hydroxylation is 1. The number of benzene rings is 2. The smallest absolute Gasteiger partial charge is 0.188 e. The fourth-order valence-corrected chi connectivity index (χ4v) is 4.02. The van der Waals surface area contributed by atoms with Crippen molar-refractivity contribution < 1.29 is 9.47 Å². The summed E-state index contributed by atoms with van der Waals surface area (Å²) in [5, 5.41) is 0. The van der Waals surface area contributed by atoms with Gasteiger partial charge in [0.2, 0.25) is 0 Å². The zero-order valence-electron chi connectivity index (χ0n) is 16.8. The highest BCUT2D eigenvalue weighted by Crippen LogP contribution is 2.32. The molecule has 0 aliphatic carbocycles. The van der Waals surface area contributed by atoms with E-state index < -0.39 is 0 Å². The third-order valence-corrected chi connectivity index (χ3v) is 5.12. The molecule has 0 radical (unpaired) electrons. The maximum absolute atomic E-state index is 5.92. The van der Waals surface area contributed by atoms with Gasteiger partial charge in [-0.05, 0) is 64.0 Å². The minimum absolute atomic E-state index is 0.233. The van der Waals surface area contributed by atoms with E-state index in [1.165, 1.54) is 22.4 Å². The van der Waals surface area contributed by atoms with E-state index in [0.717, 1.165) is 29.7 Å². The lowest BCUT2D eigenvalue weighted by atomic mass is 10.00. The summed E-state index contributed by atoms with van der Waals surface area (Å²) in [6.45, 7) is 9.11. The first-order valence-corrected chi connectivity index (χ1v) is 10.2. The molecule has 0 saturated carbocycles. The van der Waals surface area contributed by atoms with Crippen molar-refractivity contribution in [3.05, 3.63) is 57.6 Å². The van der Waals surface area contributed by atoms with Crippen LogP contribution in [0.15, 0.2) is 40.9 Å². The standard InChI is InChI=1S/C22H31BrN2O2/c1-16(2)19-7-5-6-8-21(19)25(12-10-24)11-9-18-13-17(3)14-20(23)22(18)27-15-26-4/h5-8,13-14,16H,9-12,15,24H2,1-4H3. The molecule has 0 saturated heterocycles. The molecule has 0 unspecified atom stereocenters. The third kappa shape index (κ3) is 5.96. The normalized spacial score (nSPS) is 11.1. The average molecular weight is 435 g/mol. The Morgan fingerprint density at radius 3 is 2.56 bits per heavy atom. The number of anilines is 1. The molecule has 5 heteroatoms. The van der Waals surface area contributed by atoms with Gasteiger partial charge in [-0.3, -0.25) is 0 Å². The molecule has 0 spiro atoms. The van der Waals surface area contributed by atoms with Crippen molar-refractivity contribution in [1.82, 2.24) is 0 Å². The largest absolute Gasteiger partial charge is 0.466 e. The van der Waals surface area contributed by atoms with E-state index in [2.05, 4.69) is 78.0 Å². The maximum Gasteiger partial charge on any atom is 0.188 e. The van der Waals surface area contributed by atoms with Crippen LogP contribution in [0.2, 0.25) is 0 Å². The Kier molecular flexibility index (Phi) is 8.61. The number of rotatable bonds is 10. The Morgan fingerprint density at radius 2 is 1.89 bits per heavy atom. The number of halogens is 1. The molecule has 4 nitrogen and oxygen atoms in total. The SMILES string of the molecule is COCOc1c(Br)cc(C)cc1CCN(CCN)c1ccccc1C(C)C. The third-order valence-electron chi connectivity index (χ3n) is 4.54. The lowest BCUT2D eigenvalue weighted by Crippen LogP contribution is -2.32. The van der Waals surface area contributed by atoms with Crippen LogP contribution in [0.1, 0.15) is 36.5 Å². The first-order chi connectivity index (χ1) is 13.0. The number of hydrogen-bond donors (Lipinski definition) is 1. The van der Waals surface area contributed by atoms with Crippen molar-refractivity contribution in [2.24, 2.45) is 5.73 Å². The fraction of sp³-hybridized carbons (Fsp3) is 0.455. The van der Waals surface area contributed by atoms with Crippen molar-refractivity contribution in [1.29, 1.82) is 0 Å². The fourth-order valence-electron chi connectivity index (χ4n) is 3.29. The van der Waals surface area contributed by atoms with E-state index in [9.17, 15) is 0 Å². The Labute approximate surface area is 171 Å². The van der Waals surface area contributed by atoms with Gasteiger partial charge in [0, 0.05) is 32.4 Å². The number of nitrogens with zero attached hydrogens (tertiary/aromatic N) is 1. The summed E-state index contributed by atoms with van der Waals surface area (Å²) in [4.78, 5) is 2.38. The van der Waals surface area contributed by atoms with Crippen molar-refractivity contribution in [3.8, 4) is 5.75 Å². The Bertz CT molecular complexity index is 734. The molecule has 0 aliphatic heterocycles. The van der Waals surface area contributed by atoms with Crippen molar-refractivity contribution in [2.75, 3.05) is 38.4 Å². The average Bonchev–Trinajstić information content (AvgIpc) is 2.64. The molecule has 0 fully saturated rings. The van der Waals surface area contributed by atoms with E-state index in [0.29, 0.717) is 12.5 Å². The van der Waals surface area contributed by atoms with E-state index in [1.807, 2.05) is 0 Å². The molecule has 0 bridgehead atoms. The molecule has 148 valence electrons. The van der Waals surface area contributed by atoms with Crippen molar-refractivity contribution in [2.45, 2.75) is 33.1 Å². The van der Waals surface area contributed by atoms with Crippen molar-refractivity contribution in [3.63, 3.8) is 0 Å². The highest BCUT2D eigenvalue weighted by Gasteiger charge is 2.15. The molecule has 2 N–H and O–H groups in total. The second-order valence-corrected chi connectivity index (χ2v) is 7.88. The van der Waals surface area contributed by atoms with Gasteiger partial charge in [0.1, 0.15) is 5.75 Å². The first kappa shape index (κ1) is 21.7. The second kappa shape index (κ2) is 10.7. The molecule has 2 aromatic rings. The van der Waals surface area contributed by atoms with Gasteiger partial charge >= 0.3 is 0 Å². The van der Waals surface area contributed by atoms with E-state index in [1.54, 1.807) is 7.11 Å². The summed E-state index contributed by atoms with van der Waals surface area (Å²) < 4.78 is 11.9. The molecular weight excluding hydrogens is 404 g/mol. The Hall–Kier alpha value is -1.56. The van der Waals surface area contributed by atoms with Gasteiger partial charge in [0.05, 0.1) is 4.47 Å². The van der Waals surface area contributed by atoms with Crippen LogP contribution in [0.5, 0.6) is 5.75 Å². The lowest BCUT2D eigenvalue weighted by Gasteiger charge is -2.28. The quantitative estimate of drug-likeness (QED) is 0.541. The van der Waals surface area contributed by atoms with Gasteiger partial charge < -0.3 is 20.1 Å². The highest BCUT2D eigenvalue weighted by molar-refractivity contribution is 9.10. The summed E-state index contributed by atoms with van der Waals surface area (Å²) in [6.07, 6.45) is 0.867. The van der Waals surface area contributed by atoms with E-state index in [4.69, 9.17) is 15.2 Å². The van der Waals surface area contributed by atoms with Crippen LogP contribution in [-0.4, -0.2) is 33.5 Å². The second-order valence-electron chi connectivity index (χ2n) is 7.03. The van der Waals surface area contributed by atoms with E-state index >= 15 is 0 Å². The Morgan fingerprint density at radius 1 is 1.15 bits per heavy atom. The minimum Gasteiger partial charge on any atom is -0.466 e. The molecule has 0 aliphatic rings. The maximum atomic E-state index is 5.92. The predicted octanol–water partition coefficient (Wildman–Crippen LogP) is 4.87. The van der Waals surface area contributed by atoms with Crippen LogP contribution in [0.25, 0.3) is 0 Å². The number of ether oxygens (including phenoxy) is 2. The minimum atomic E-state index is 0.233. The van der Waals surface area contributed by atoms with Crippen LogP contribution >= 0.6 is 15.9 Å². The van der Waals surface area contributed by atoms with Gasteiger partial charge in [-0.2, -0.15) is 0 Å². The van der Waals surface area contributed by atoms with Crippen LogP contribution in [0.4, 0.5) is 5.69 Å². The van der Waals surface area contributed by atoms with Gasteiger partial charge in [-0.1, -0.05) is 38.1 Å². The van der Waals surface area contributed by atoms with Gasteiger partial charge in [0.25, 0.3) is 0 Å². The molecule has 0 aromatic heterocycles. The lowest BCUT2D eigenvalue weighted by molar-refractivity contribution is 0.0499. The topological polar surface area (TPSA) is 47.7 Å². The molecule has 2 rings (SSSR count). The number of nitrogens with two attached hydrogens (primary N) is 1. The summed E-state index contributed by atoms with van der Waals surface area (Å²) in [7, 11) is 1.63. The van der Waals surface area contributed by atoms with Gasteiger partial charge in [-0.25, -0.2) is 0 Å². The predicted molar refractivity (Wildman–Crippen MR) is 117 cm³/mol. The first-order valence-electron chi connectivity index (χ1n) is 9.42. The zero-order valence-corrected chi connectivity index (χ0v) is 18.4. The molecule has 0 amide bonds. The molecule has 0 heterocycles. The van der Waals surface area contributed by atoms with Crippen LogP contribution in [0, 0.1) is 6.92 Å². The molecule has 27 heavy (non-hydrogen) atoms. The molecule has 0 atom stereocenters. The summed E-state index contributed by atoms with van der Waals surface area (Å²) in [5.41, 5.74) is 10.9.